The Labute approximate surface area is 81.4 Å². The number of anilines is 1. The van der Waals surface area contributed by atoms with Crippen LogP contribution in [0.3, 0.4) is 0 Å². The maximum Gasteiger partial charge on any atom is 0.335 e. The number of hydrogen-bond acceptors (Lipinski definition) is 4. The van der Waals surface area contributed by atoms with Crippen molar-refractivity contribution in [3.05, 3.63) is 23.4 Å². The van der Waals surface area contributed by atoms with Crippen molar-refractivity contribution in [1.82, 2.24) is 4.98 Å². The van der Waals surface area contributed by atoms with Gasteiger partial charge in [-0.15, -0.1) is 0 Å². The minimum absolute atomic E-state index is 0.111. The van der Waals surface area contributed by atoms with Gasteiger partial charge in [-0.1, -0.05) is 13.8 Å². The number of pyridine rings is 1. The lowest BCUT2D eigenvalue weighted by Crippen LogP contribution is -2.04. The van der Waals surface area contributed by atoms with Crippen molar-refractivity contribution < 1.29 is 15.1 Å². The van der Waals surface area contributed by atoms with Gasteiger partial charge in [-0.2, -0.15) is 0 Å². The maximum atomic E-state index is 10.7. The van der Waals surface area contributed by atoms with Gasteiger partial charge in [0.15, 0.2) is 5.82 Å². The standard InChI is InChI=1S/C9H12N2O3/c1-5(2)7-3-6(9(12)13)4-8(10-7)11-14/h3-5,14H,1-2H3,(H,10,11)(H,12,13). The Morgan fingerprint density at radius 3 is 2.57 bits per heavy atom. The monoisotopic (exact) mass is 196 g/mol. The highest BCUT2D eigenvalue weighted by Gasteiger charge is 2.10. The molecule has 0 saturated carbocycles. The third kappa shape index (κ3) is 2.20. The summed E-state index contributed by atoms with van der Waals surface area (Å²) in [6.07, 6.45) is 0. The molecule has 0 amide bonds. The highest BCUT2D eigenvalue weighted by Crippen LogP contribution is 2.17. The van der Waals surface area contributed by atoms with E-state index in [1.165, 1.54) is 12.1 Å². The predicted molar refractivity (Wildman–Crippen MR) is 50.7 cm³/mol. The van der Waals surface area contributed by atoms with Crippen molar-refractivity contribution in [3.63, 3.8) is 0 Å². The lowest BCUT2D eigenvalue weighted by Gasteiger charge is -2.07. The number of hydrogen-bond donors (Lipinski definition) is 3. The zero-order valence-electron chi connectivity index (χ0n) is 7.98. The Hall–Kier alpha value is -1.62. The van der Waals surface area contributed by atoms with Gasteiger partial charge in [0.25, 0.3) is 0 Å². The molecule has 1 rings (SSSR count). The average Bonchev–Trinajstić information content (AvgIpc) is 2.16. The van der Waals surface area contributed by atoms with Gasteiger partial charge in [-0.3, -0.25) is 10.7 Å². The number of aromatic carboxylic acids is 1. The highest BCUT2D eigenvalue weighted by molar-refractivity contribution is 5.88. The highest BCUT2D eigenvalue weighted by atomic mass is 16.5. The van der Waals surface area contributed by atoms with Crippen LogP contribution in [0, 0.1) is 0 Å². The molecule has 14 heavy (non-hydrogen) atoms. The first-order valence-corrected chi connectivity index (χ1v) is 4.20. The molecule has 76 valence electrons. The summed E-state index contributed by atoms with van der Waals surface area (Å²) in [5.41, 5.74) is 2.58. The van der Waals surface area contributed by atoms with Crippen LogP contribution in [0.1, 0.15) is 35.8 Å². The van der Waals surface area contributed by atoms with Gasteiger partial charge in [0.1, 0.15) is 0 Å². The smallest absolute Gasteiger partial charge is 0.335 e. The number of carboxylic acid groups (broad SMARTS) is 1. The second-order valence-corrected chi connectivity index (χ2v) is 3.24. The Bertz CT molecular complexity index is 350. The minimum Gasteiger partial charge on any atom is -0.478 e. The largest absolute Gasteiger partial charge is 0.478 e. The van der Waals surface area contributed by atoms with Crippen molar-refractivity contribution in [2.75, 3.05) is 5.48 Å². The predicted octanol–water partition coefficient (Wildman–Crippen LogP) is 1.70. The van der Waals surface area contributed by atoms with Crippen LogP contribution >= 0.6 is 0 Å². The number of carbonyl (C=O) groups is 1. The van der Waals surface area contributed by atoms with Crippen LogP contribution in [0.4, 0.5) is 5.82 Å². The van der Waals surface area contributed by atoms with E-state index in [1.807, 2.05) is 19.3 Å². The quantitative estimate of drug-likeness (QED) is 0.641. The fraction of sp³-hybridized carbons (Fsp3) is 0.333. The van der Waals surface area contributed by atoms with Gasteiger partial charge in [0.2, 0.25) is 0 Å². The molecule has 0 aliphatic carbocycles. The first-order chi connectivity index (χ1) is 6.54. The molecule has 0 spiro atoms. The molecule has 3 N–H and O–H groups in total. The maximum absolute atomic E-state index is 10.7. The van der Waals surface area contributed by atoms with E-state index in [-0.39, 0.29) is 17.3 Å². The summed E-state index contributed by atoms with van der Waals surface area (Å²) < 4.78 is 0. The van der Waals surface area contributed by atoms with E-state index in [0.29, 0.717) is 5.69 Å². The molecule has 0 aliphatic heterocycles. The van der Waals surface area contributed by atoms with Crippen LogP contribution in [0.15, 0.2) is 12.1 Å². The Kier molecular flexibility index (Phi) is 3.03. The second kappa shape index (κ2) is 4.06. The second-order valence-electron chi connectivity index (χ2n) is 3.24. The summed E-state index contributed by atoms with van der Waals surface area (Å²) >= 11 is 0. The Morgan fingerprint density at radius 2 is 2.14 bits per heavy atom. The van der Waals surface area contributed by atoms with Crippen LogP contribution in [0.5, 0.6) is 0 Å². The number of carboxylic acids is 1. The average molecular weight is 196 g/mol. The summed E-state index contributed by atoms with van der Waals surface area (Å²) in [6, 6.07) is 2.77. The summed E-state index contributed by atoms with van der Waals surface area (Å²) in [6.45, 7) is 3.80. The fourth-order valence-electron chi connectivity index (χ4n) is 1.03. The van der Waals surface area contributed by atoms with Gasteiger partial charge < -0.3 is 5.11 Å². The molecule has 0 aromatic carbocycles. The molecular formula is C9H12N2O3. The normalized spacial score (nSPS) is 10.3. The van der Waals surface area contributed by atoms with Crippen LogP contribution in [0.2, 0.25) is 0 Å². The molecule has 5 heteroatoms. The third-order valence-electron chi connectivity index (χ3n) is 1.80. The molecule has 0 radical (unpaired) electrons. The first-order valence-electron chi connectivity index (χ1n) is 4.20. The molecule has 1 aromatic heterocycles. The van der Waals surface area contributed by atoms with Gasteiger partial charge in [0, 0.05) is 5.69 Å². The van der Waals surface area contributed by atoms with Gasteiger partial charge in [-0.05, 0) is 18.1 Å². The first kappa shape index (κ1) is 10.5. The van der Waals surface area contributed by atoms with Gasteiger partial charge >= 0.3 is 5.97 Å². The van der Waals surface area contributed by atoms with Crippen molar-refractivity contribution >= 4 is 11.8 Å². The lowest BCUT2D eigenvalue weighted by atomic mass is 10.1. The van der Waals surface area contributed by atoms with E-state index >= 15 is 0 Å². The minimum atomic E-state index is -1.04. The summed E-state index contributed by atoms with van der Waals surface area (Å²) in [5, 5.41) is 17.4. The molecule has 0 unspecified atom stereocenters. The van der Waals surface area contributed by atoms with Crippen molar-refractivity contribution in [2.24, 2.45) is 0 Å². The molecule has 0 aliphatic rings. The molecule has 0 bridgehead atoms. The zero-order valence-corrected chi connectivity index (χ0v) is 7.98. The Balaban J connectivity index is 3.20. The third-order valence-corrected chi connectivity index (χ3v) is 1.80. The molecule has 0 atom stereocenters. The van der Waals surface area contributed by atoms with Crippen molar-refractivity contribution in [3.8, 4) is 0 Å². The van der Waals surface area contributed by atoms with E-state index in [2.05, 4.69) is 4.98 Å². The zero-order chi connectivity index (χ0) is 10.7. The summed E-state index contributed by atoms with van der Waals surface area (Å²) in [5.74, 6) is -0.777. The van der Waals surface area contributed by atoms with E-state index in [0.717, 1.165) is 0 Å². The summed E-state index contributed by atoms with van der Waals surface area (Å²) in [7, 11) is 0. The summed E-state index contributed by atoms with van der Waals surface area (Å²) in [4.78, 5) is 14.7. The number of nitrogens with one attached hydrogen (secondary N) is 1. The van der Waals surface area contributed by atoms with Crippen LogP contribution in [-0.4, -0.2) is 21.3 Å². The van der Waals surface area contributed by atoms with E-state index in [9.17, 15) is 4.79 Å². The lowest BCUT2D eigenvalue weighted by molar-refractivity contribution is 0.0696. The SMILES string of the molecule is CC(C)c1cc(C(=O)O)cc(NO)n1. The van der Waals surface area contributed by atoms with Crippen LogP contribution in [-0.2, 0) is 0 Å². The van der Waals surface area contributed by atoms with E-state index < -0.39 is 5.97 Å². The Morgan fingerprint density at radius 1 is 1.50 bits per heavy atom. The number of nitrogens with zero attached hydrogens (tertiary/aromatic N) is 1. The van der Waals surface area contributed by atoms with Gasteiger partial charge in [0.05, 0.1) is 5.56 Å². The van der Waals surface area contributed by atoms with E-state index in [4.69, 9.17) is 10.3 Å². The fourth-order valence-corrected chi connectivity index (χ4v) is 1.03. The van der Waals surface area contributed by atoms with Crippen LogP contribution in [0.25, 0.3) is 0 Å². The molecular weight excluding hydrogens is 184 g/mol. The van der Waals surface area contributed by atoms with Gasteiger partial charge in [-0.25, -0.2) is 9.78 Å². The van der Waals surface area contributed by atoms with Crippen molar-refractivity contribution in [1.29, 1.82) is 0 Å². The molecule has 0 saturated heterocycles. The molecule has 1 heterocycles. The topological polar surface area (TPSA) is 82.5 Å². The van der Waals surface area contributed by atoms with Crippen LogP contribution < -0.4 is 5.48 Å². The molecule has 5 nitrogen and oxygen atoms in total. The number of rotatable bonds is 3. The van der Waals surface area contributed by atoms with Crippen molar-refractivity contribution in [2.45, 2.75) is 19.8 Å². The molecule has 1 aromatic rings. The number of aromatic nitrogens is 1. The van der Waals surface area contributed by atoms with E-state index in [1.54, 1.807) is 0 Å². The molecule has 0 fully saturated rings.